The number of nitrogens with zero attached hydrogens (tertiary/aromatic N) is 2. The zero-order chi connectivity index (χ0) is 16.4. The lowest BCUT2D eigenvalue weighted by Crippen LogP contribution is -2.07. The lowest BCUT2D eigenvalue weighted by Gasteiger charge is -2.08. The van der Waals surface area contributed by atoms with Gasteiger partial charge in [0.2, 0.25) is 5.95 Å². The van der Waals surface area contributed by atoms with Crippen LogP contribution in [0.4, 0.5) is 19.1 Å². The number of hydrogen-bond donors (Lipinski definition) is 2. The highest BCUT2D eigenvalue weighted by Crippen LogP contribution is 2.29. The number of benzene rings is 2. The molecule has 3 rings (SSSR count). The van der Waals surface area contributed by atoms with Gasteiger partial charge in [-0.3, -0.25) is 0 Å². The Bertz CT molecular complexity index is 832. The fourth-order valence-electron chi connectivity index (χ4n) is 2.13. The van der Waals surface area contributed by atoms with Crippen molar-refractivity contribution in [1.82, 2.24) is 9.97 Å². The van der Waals surface area contributed by atoms with Gasteiger partial charge in [0.15, 0.2) is 0 Å². The highest BCUT2D eigenvalue weighted by atomic mass is 19.4. The quantitative estimate of drug-likeness (QED) is 0.555. The van der Waals surface area contributed by atoms with Crippen LogP contribution in [-0.4, -0.2) is 15.7 Å². The van der Waals surface area contributed by atoms with E-state index >= 15 is 0 Å². The summed E-state index contributed by atoms with van der Waals surface area (Å²) in [5.74, 6) is 0.428. The molecule has 0 bridgehead atoms. The summed E-state index contributed by atoms with van der Waals surface area (Å²) in [4.78, 5) is 7.31. The van der Waals surface area contributed by atoms with E-state index in [1.807, 2.05) is 24.3 Å². The molecule has 118 valence electrons. The van der Waals surface area contributed by atoms with Crippen molar-refractivity contribution in [2.45, 2.75) is 13.1 Å². The summed E-state index contributed by atoms with van der Waals surface area (Å²) in [7, 11) is 0. The van der Waals surface area contributed by atoms with Crippen molar-refractivity contribution >= 4 is 22.7 Å². The number of para-hydroxylation sites is 2. The number of alkyl halides is 3. The Morgan fingerprint density at radius 3 is 2.65 bits per heavy atom. The number of hydrogen-bond acceptors (Lipinski definition) is 3. The molecule has 1 aromatic heterocycles. The Labute approximate surface area is 130 Å². The van der Waals surface area contributed by atoms with Gasteiger partial charge in [-0.1, -0.05) is 24.3 Å². The first-order valence-corrected chi connectivity index (χ1v) is 6.86. The van der Waals surface area contributed by atoms with Crippen molar-refractivity contribution in [2.24, 2.45) is 5.10 Å². The van der Waals surface area contributed by atoms with Crippen molar-refractivity contribution in [1.29, 1.82) is 0 Å². The molecular formula is C16H13F3N4. The third kappa shape index (κ3) is 3.33. The Morgan fingerprint density at radius 2 is 1.91 bits per heavy atom. The molecule has 0 aliphatic carbocycles. The lowest BCUT2D eigenvalue weighted by atomic mass is 10.1. The molecule has 0 fully saturated rings. The molecule has 0 aliphatic heterocycles. The number of aromatic amines is 1. The SMILES string of the molecule is C/C(=N\Nc1nc2ccccc2[nH]1)c1cccc(C(F)(F)F)c1. The minimum Gasteiger partial charge on any atom is -0.323 e. The van der Waals surface area contributed by atoms with E-state index in [2.05, 4.69) is 20.5 Å². The first kappa shape index (κ1) is 15.1. The van der Waals surface area contributed by atoms with Gasteiger partial charge in [0.25, 0.3) is 0 Å². The summed E-state index contributed by atoms with van der Waals surface area (Å²) in [5.41, 5.74) is 4.48. The van der Waals surface area contributed by atoms with Gasteiger partial charge in [0, 0.05) is 0 Å². The molecule has 0 saturated heterocycles. The van der Waals surface area contributed by atoms with Crippen LogP contribution in [0.1, 0.15) is 18.1 Å². The summed E-state index contributed by atoms with van der Waals surface area (Å²) >= 11 is 0. The molecule has 0 unspecified atom stereocenters. The van der Waals surface area contributed by atoms with Crippen LogP contribution in [0.5, 0.6) is 0 Å². The van der Waals surface area contributed by atoms with Gasteiger partial charge in [0.05, 0.1) is 22.3 Å². The predicted molar refractivity (Wildman–Crippen MR) is 83.4 cm³/mol. The van der Waals surface area contributed by atoms with E-state index in [4.69, 9.17) is 0 Å². The Kier molecular flexibility index (Phi) is 3.77. The van der Waals surface area contributed by atoms with Crippen LogP contribution in [0.2, 0.25) is 0 Å². The number of rotatable bonds is 3. The maximum Gasteiger partial charge on any atom is 0.416 e. The van der Waals surface area contributed by atoms with E-state index < -0.39 is 11.7 Å². The molecule has 0 aliphatic rings. The molecule has 4 nitrogen and oxygen atoms in total. The van der Waals surface area contributed by atoms with E-state index in [0.29, 0.717) is 17.2 Å². The van der Waals surface area contributed by atoms with Crippen LogP contribution in [0.3, 0.4) is 0 Å². The average molecular weight is 318 g/mol. The number of hydrazone groups is 1. The molecule has 1 heterocycles. The van der Waals surface area contributed by atoms with Crippen LogP contribution in [0.25, 0.3) is 11.0 Å². The first-order chi connectivity index (χ1) is 10.9. The molecule has 2 aromatic carbocycles. The molecule has 0 atom stereocenters. The maximum atomic E-state index is 12.7. The van der Waals surface area contributed by atoms with E-state index in [9.17, 15) is 13.2 Å². The van der Waals surface area contributed by atoms with Gasteiger partial charge >= 0.3 is 6.18 Å². The van der Waals surface area contributed by atoms with Gasteiger partial charge in [0.1, 0.15) is 0 Å². The van der Waals surface area contributed by atoms with E-state index in [1.165, 1.54) is 6.07 Å². The second kappa shape index (κ2) is 5.75. The summed E-state index contributed by atoms with van der Waals surface area (Å²) in [6, 6.07) is 12.5. The van der Waals surface area contributed by atoms with Crippen LogP contribution < -0.4 is 5.43 Å². The summed E-state index contributed by atoms with van der Waals surface area (Å²) in [6.45, 7) is 1.63. The zero-order valence-electron chi connectivity index (χ0n) is 12.1. The third-order valence-corrected chi connectivity index (χ3v) is 3.33. The lowest BCUT2D eigenvalue weighted by molar-refractivity contribution is -0.137. The maximum absolute atomic E-state index is 12.7. The Balaban J connectivity index is 1.82. The third-order valence-electron chi connectivity index (χ3n) is 3.33. The van der Waals surface area contributed by atoms with E-state index in [1.54, 1.807) is 13.0 Å². The number of fused-ring (bicyclic) bond motifs is 1. The summed E-state index contributed by atoms with van der Waals surface area (Å²) in [5, 5.41) is 4.09. The Hall–Kier alpha value is -2.83. The molecule has 0 radical (unpaired) electrons. The molecule has 0 spiro atoms. The van der Waals surface area contributed by atoms with E-state index in [-0.39, 0.29) is 0 Å². The fourth-order valence-corrected chi connectivity index (χ4v) is 2.13. The van der Waals surface area contributed by atoms with Crippen molar-refractivity contribution in [3.63, 3.8) is 0 Å². The van der Waals surface area contributed by atoms with Crippen molar-refractivity contribution in [2.75, 3.05) is 5.43 Å². The normalized spacial score (nSPS) is 12.6. The van der Waals surface area contributed by atoms with Crippen LogP contribution >= 0.6 is 0 Å². The van der Waals surface area contributed by atoms with Crippen molar-refractivity contribution in [3.8, 4) is 0 Å². The van der Waals surface area contributed by atoms with Crippen LogP contribution in [-0.2, 0) is 6.18 Å². The number of anilines is 1. The molecule has 0 saturated carbocycles. The molecule has 7 heteroatoms. The van der Waals surface area contributed by atoms with Crippen LogP contribution in [0, 0.1) is 0 Å². The topological polar surface area (TPSA) is 53.1 Å². The second-order valence-corrected chi connectivity index (χ2v) is 4.99. The number of halogens is 3. The van der Waals surface area contributed by atoms with Crippen molar-refractivity contribution in [3.05, 3.63) is 59.7 Å². The van der Waals surface area contributed by atoms with E-state index in [0.717, 1.165) is 23.2 Å². The van der Waals surface area contributed by atoms with Gasteiger partial charge in [-0.2, -0.15) is 18.3 Å². The second-order valence-electron chi connectivity index (χ2n) is 4.99. The molecule has 3 aromatic rings. The summed E-state index contributed by atoms with van der Waals surface area (Å²) in [6.07, 6.45) is -4.37. The minimum atomic E-state index is -4.37. The first-order valence-electron chi connectivity index (χ1n) is 6.86. The van der Waals surface area contributed by atoms with Gasteiger partial charge in [-0.05, 0) is 36.8 Å². The predicted octanol–water partition coefficient (Wildman–Crippen LogP) is 4.42. The van der Waals surface area contributed by atoms with Gasteiger partial charge in [-0.15, -0.1) is 0 Å². The minimum absolute atomic E-state index is 0.392. The molecule has 0 amide bonds. The zero-order valence-corrected chi connectivity index (χ0v) is 12.1. The molecule has 2 N–H and O–H groups in total. The number of imidazole rings is 1. The molecular weight excluding hydrogens is 305 g/mol. The largest absolute Gasteiger partial charge is 0.416 e. The molecule has 23 heavy (non-hydrogen) atoms. The average Bonchev–Trinajstić information content (AvgIpc) is 2.95. The number of H-pyrrole nitrogens is 1. The Morgan fingerprint density at radius 1 is 1.13 bits per heavy atom. The smallest absolute Gasteiger partial charge is 0.323 e. The van der Waals surface area contributed by atoms with Gasteiger partial charge < -0.3 is 4.98 Å². The highest BCUT2D eigenvalue weighted by molar-refractivity contribution is 5.99. The van der Waals surface area contributed by atoms with Crippen molar-refractivity contribution < 1.29 is 13.2 Å². The monoisotopic (exact) mass is 318 g/mol. The summed E-state index contributed by atoms with van der Waals surface area (Å²) < 4.78 is 38.2. The fraction of sp³-hybridized carbons (Fsp3) is 0.125. The number of nitrogens with one attached hydrogen (secondary N) is 2. The highest BCUT2D eigenvalue weighted by Gasteiger charge is 2.30. The number of aromatic nitrogens is 2. The van der Waals surface area contributed by atoms with Crippen LogP contribution in [0.15, 0.2) is 53.6 Å². The standard InChI is InChI=1S/C16H13F3N4/c1-10(11-5-4-6-12(9-11)16(17,18)19)22-23-15-20-13-7-2-3-8-14(13)21-15/h2-9H,1H3,(H2,20,21,23)/b22-10+. The van der Waals surface area contributed by atoms with Gasteiger partial charge in [-0.25, -0.2) is 10.4 Å².